The molecule has 0 fully saturated rings. The van der Waals surface area contributed by atoms with E-state index in [4.69, 9.17) is 4.74 Å². The van der Waals surface area contributed by atoms with Crippen LogP contribution in [0.25, 0.3) is 11.1 Å². The second-order valence-corrected chi connectivity index (χ2v) is 9.00. The summed E-state index contributed by atoms with van der Waals surface area (Å²) < 4.78 is 5.59. The zero-order valence-corrected chi connectivity index (χ0v) is 20.2. The normalized spacial score (nSPS) is 14.7. The van der Waals surface area contributed by atoms with Crippen molar-refractivity contribution < 1.29 is 24.2 Å². The van der Waals surface area contributed by atoms with Gasteiger partial charge >= 0.3 is 12.1 Å². The fourth-order valence-electron chi connectivity index (χ4n) is 4.54. The summed E-state index contributed by atoms with van der Waals surface area (Å²) in [6.45, 7) is 3.83. The Labute approximate surface area is 209 Å². The molecule has 0 saturated heterocycles. The molecule has 2 amide bonds. The van der Waals surface area contributed by atoms with Gasteiger partial charge in [0.1, 0.15) is 18.7 Å². The van der Waals surface area contributed by atoms with Crippen molar-refractivity contribution in [1.82, 2.24) is 20.6 Å². The van der Waals surface area contributed by atoms with Crippen molar-refractivity contribution in [2.24, 2.45) is 5.92 Å². The van der Waals surface area contributed by atoms with Crippen molar-refractivity contribution in [1.29, 1.82) is 0 Å². The minimum Gasteiger partial charge on any atom is -0.480 e. The van der Waals surface area contributed by atoms with Gasteiger partial charge in [0.2, 0.25) is 5.91 Å². The number of fused-ring (bicyclic) bond motifs is 3. The first-order chi connectivity index (χ1) is 17.4. The number of carboxylic acid groups (broad SMARTS) is 1. The molecule has 1 aromatic heterocycles. The number of aliphatic carboxylic acids is 1. The minimum absolute atomic E-state index is 0.0166. The minimum atomic E-state index is -1.18. The lowest BCUT2D eigenvalue weighted by atomic mass is 9.97. The van der Waals surface area contributed by atoms with Crippen LogP contribution in [-0.4, -0.2) is 51.7 Å². The van der Waals surface area contributed by atoms with E-state index < -0.39 is 30.1 Å². The first-order valence-electron chi connectivity index (χ1n) is 12.0. The molecule has 4 rings (SSSR count). The van der Waals surface area contributed by atoms with Crippen molar-refractivity contribution in [3.8, 4) is 11.1 Å². The van der Waals surface area contributed by atoms with Gasteiger partial charge < -0.3 is 25.5 Å². The Kier molecular flexibility index (Phi) is 7.68. The van der Waals surface area contributed by atoms with Gasteiger partial charge in [0.05, 0.1) is 12.0 Å². The van der Waals surface area contributed by atoms with Crippen molar-refractivity contribution in [3.63, 3.8) is 0 Å². The Bertz CT molecular complexity index is 1180. The van der Waals surface area contributed by atoms with Gasteiger partial charge in [-0.2, -0.15) is 0 Å². The van der Waals surface area contributed by atoms with Crippen molar-refractivity contribution in [2.45, 2.75) is 44.7 Å². The van der Waals surface area contributed by atoms with Gasteiger partial charge in [-0.25, -0.2) is 14.6 Å². The van der Waals surface area contributed by atoms with Gasteiger partial charge in [0.25, 0.3) is 0 Å². The number of aromatic amines is 1. The maximum absolute atomic E-state index is 13.0. The number of rotatable bonds is 10. The molecule has 1 aliphatic carbocycles. The Morgan fingerprint density at radius 1 is 1.06 bits per heavy atom. The Balaban J connectivity index is 1.42. The standard InChI is InChI=1S/C27H30N4O5/c1-3-16(2)24(25(32)30-23(26(33)34)12-17-13-28-15-29-17)31-27(35)36-14-22-20-10-6-4-8-18(20)19-9-5-7-11-21(19)22/h4-11,13,15-16,22-24H,3,12,14H2,1-2H3,(H,28,29)(H,30,32)(H,31,35)(H,33,34)/t16-,23-,24-/m0/s1. The second-order valence-electron chi connectivity index (χ2n) is 9.00. The van der Waals surface area contributed by atoms with Crippen LogP contribution in [0.4, 0.5) is 4.79 Å². The van der Waals surface area contributed by atoms with E-state index in [1.54, 1.807) is 6.20 Å². The van der Waals surface area contributed by atoms with Crippen LogP contribution in [0.3, 0.4) is 0 Å². The number of carbonyl (C=O) groups excluding carboxylic acids is 2. The first-order valence-corrected chi connectivity index (χ1v) is 12.0. The van der Waals surface area contributed by atoms with E-state index in [-0.39, 0.29) is 24.9 Å². The number of hydrogen-bond donors (Lipinski definition) is 4. The molecule has 0 spiro atoms. The number of imidazole rings is 1. The molecule has 1 heterocycles. The molecule has 3 aromatic rings. The number of carboxylic acids is 1. The molecule has 0 radical (unpaired) electrons. The predicted octanol–water partition coefficient (Wildman–Crippen LogP) is 3.48. The van der Waals surface area contributed by atoms with E-state index in [0.29, 0.717) is 12.1 Å². The Morgan fingerprint density at radius 3 is 2.25 bits per heavy atom. The number of amides is 2. The van der Waals surface area contributed by atoms with Gasteiger partial charge in [-0.3, -0.25) is 4.79 Å². The molecule has 0 bridgehead atoms. The average molecular weight is 491 g/mol. The van der Waals surface area contributed by atoms with Crippen molar-refractivity contribution in [3.05, 3.63) is 77.9 Å². The summed E-state index contributed by atoms with van der Waals surface area (Å²) >= 11 is 0. The van der Waals surface area contributed by atoms with Crippen LogP contribution in [0, 0.1) is 5.92 Å². The number of nitrogens with zero attached hydrogens (tertiary/aromatic N) is 1. The van der Waals surface area contributed by atoms with E-state index in [0.717, 1.165) is 22.3 Å². The molecule has 9 nitrogen and oxygen atoms in total. The molecule has 0 unspecified atom stereocenters. The third kappa shape index (κ3) is 5.40. The molecule has 3 atom stereocenters. The highest BCUT2D eigenvalue weighted by Crippen LogP contribution is 2.44. The van der Waals surface area contributed by atoms with Crippen LogP contribution in [0.5, 0.6) is 0 Å². The number of aromatic nitrogens is 2. The number of nitrogens with one attached hydrogen (secondary N) is 3. The number of benzene rings is 2. The highest BCUT2D eigenvalue weighted by molar-refractivity contribution is 5.89. The fourth-order valence-corrected chi connectivity index (χ4v) is 4.54. The van der Waals surface area contributed by atoms with Crippen LogP contribution in [-0.2, 0) is 20.7 Å². The van der Waals surface area contributed by atoms with Gasteiger partial charge in [-0.15, -0.1) is 0 Å². The van der Waals surface area contributed by atoms with E-state index in [1.165, 1.54) is 6.33 Å². The molecule has 2 aromatic carbocycles. The molecule has 0 aliphatic heterocycles. The molecular weight excluding hydrogens is 460 g/mol. The molecule has 4 N–H and O–H groups in total. The van der Waals surface area contributed by atoms with Gasteiger partial charge in [-0.05, 0) is 28.2 Å². The number of carbonyl (C=O) groups is 3. The highest BCUT2D eigenvalue weighted by atomic mass is 16.5. The van der Waals surface area contributed by atoms with Crippen molar-refractivity contribution >= 4 is 18.0 Å². The van der Waals surface area contributed by atoms with Crippen LogP contribution < -0.4 is 10.6 Å². The number of alkyl carbamates (subject to hydrolysis) is 1. The lowest BCUT2D eigenvalue weighted by Gasteiger charge is -2.25. The highest BCUT2D eigenvalue weighted by Gasteiger charge is 2.32. The van der Waals surface area contributed by atoms with Gasteiger partial charge in [0, 0.05) is 18.5 Å². The lowest BCUT2D eigenvalue weighted by Crippen LogP contribution is -2.54. The molecule has 9 heteroatoms. The summed E-state index contributed by atoms with van der Waals surface area (Å²) in [6.07, 6.45) is 2.90. The first kappa shape index (κ1) is 25.0. The molecule has 36 heavy (non-hydrogen) atoms. The number of hydrogen-bond acceptors (Lipinski definition) is 5. The molecule has 188 valence electrons. The molecule has 1 aliphatic rings. The summed E-state index contributed by atoms with van der Waals surface area (Å²) in [5.74, 6) is -2.12. The fraction of sp³-hybridized carbons (Fsp3) is 0.333. The zero-order valence-electron chi connectivity index (χ0n) is 20.2. The maximum atomic E-state index is 13.0. The van der Waals surface area contributed by atoms with E-state index >= 15 is 0 Å². The van der Waals surface area contributed by atoms with Crippen LogP contribution >= 0.6 is 0 Å². The topological polar surface area (TPSA) is 133 Å². The van der Waals surface area contributed by atoms with Crippen molar-refractivity contribution in [2.75, 3.05) is 6.61 Å². The van der Waals surface area contributed by atoms with E-state index in [9.17, 15) is 19.5 Å². The predicted molar refractivity (Wildman–Crippen MR) is 133 cm³/mol. The van der Waals surface area contributed by atoms with Crippen LogP contribution in [0.1, 0.15) is 43.0 Å². The Hall–Kier alpha value is -4.14. The summed E-state index contributed by atoms with van der Waals surface area (Å²) in [5, 5.41) is 14.8. The van der Waals surface area contributed by atoms with E-state index in [1.807, 2.05) is 50.2 Å². The average Bonchev–Trinajstić information content (AvgIpc) is 3.51. The summed E-state index contributed by atoms with van der Waals surface area (Å²) in [7, 11) is 0. The molecular formula is C27H30N4O5. The van der Waals surface area contributed by atoms with Gasteiger partial charge in [0.15, 0.2) is 0 Å². The van der Waals surface area contributed by atoms with Crippen LogP contribution in [0.15, 0.2) is 61.1 Å². The summed E-state index contributed by atoms with van der Waals surface area (Å²) in [4.78, 5) is 44.3. The van der Waals surface area contributed by atoms with Gasteiger partial charge in [-0.1, -0.05) is 68.8 Å². The number of H-pyrrole nitrogens is 1. The Morgan fingerprint density at radius 2 is 1.69 bits per heavy atom. The molecule has 0 saturated carbocycles. The third-order valence-corrected chi connectivity index (χ3v) is 6.70. The smallest absolute Gasteiger partial charge is 0.407 e. The van der Waals surface area contributed by atoms with E-state index in [2.05, 4.69) is 32.7 Å². The monoisotopic (exact) mass is 490 g/mol. The SMILES string of the molecule is CC[C@H](C)[C@H](NC(=O)OCC1c2ccccc2-c2ccccc21)C(=O)N[C@@H](Cc1c[nH]cn1)C(=O)O. The quantitative estimate of drug-likeness (QED) is 0.344. The second kappa shape index (κ2) is 11.1. The zero-order chi connectivity index (χ0) is 25.7. The van der Waals surface area contributed by atoms with Crippen LogP contribution in [0.2, 0.25) is 0 Å². The number of ether oxygens (including phenoxy) is 1. The third-order valence-electron chi connectivity index (χ3n) is 6.70. The summed E-state index contributed by atoms with van der Waals surface area (Å²) in [5.41, 5.74) is 4.93. The lowest BCUT2D eigenvalue weighted by molar-refractivity contribution is -0.142. The maximum Gasteiger partial charge on any atom is 0.407 e. The summed E-state index contributed by atoms with van der Waals surface area (Å²) in [6, 6.07) is 13.9. The largest absolute Gasteiger partial charge is 0.480 e.